The number of hydrogen-bond donors (Lipinski definition) is 0. The van der Waals surface area contributed by atoms with Gasteiger partial charge in [0.2, 0.25) is 6.28 Å². The molecule has 0 unspecified atom stereocenters. The minimum Gasteiger partial charge on any atom is -0.520 e. The van der Waals surface area contributed by atoms with E-state index in [1.807, 2.05) is 0 Å². The fourth-order valence-electron chi connectivity index (χ4n) is 6.14. The summed E-state index contributed by atoms with van der Waals surface area (Å²) in [7, 11) is 5.09. The zero-order valence-corrected chi connectivity index (χ0v) is 10.5. The van der Waals surface area contributed by atoms with Crippen LogP contribution >= 0.6 is 0 Å². The van der Waals surface area contributed by atoms with E-state index < -0.39 is 0 Å². The first-order valence-electron chi connectivity index (χ1n) is 7.18. The molecule has 0 saturated carbocycles. The molecule has 0 amide bonds. The van der Waals surface area contributed by atoms with Gasteiger partial charge >= 0.3 is 0 Å². The molecule has 0 atom stereocenters. The van der Waals surface area contributed by atoms with Crippen LogP contribution in [0, 0.1) is 0 Å². The van der Waals surface area contributed by atoms with E-state index in [-0.39, 0.29) is 6.28 Å². The Morgan fingerprint density at radius 3 is 1.80 bits per heavy atom. The average Bonchev–Trinajstić information content (AvgIpc) is 2.43. The maximum absolute atomic E-state index is 2.55. The summed E-state index contributed by atoms with van der Waals surface area (Å²) in [5.74, 6) is 2.27. The summed E-state index contributed by atoms with van der Waals surface area (Å²) >= 11 is 0. The van der Waals surface area contributed by atoms with Crippen LogP contribution in [-0.2, 0) is 0 Å². The molecule has 2 bridgehead atoms. The normalized spacial score (nSPS) is 48.4. The van der Waals surface area contributed by atoms with Crippen molar-refractivity contribution >= 4 is 6.28 Å². The third-order valence-corrected chi connectivity index (χ3v) is 6.63. The monoisotopic (exact) mass is 207 g/mol. The zero-order chi connectivity index (χ0) is 10.5. The summed E-state index contributed by atoms with van der Waals surface area (Å²) in [6.45, 7) is 1.47. The van der Waals surface area contributed by atoms with Gasteiger partial charge in [0.25, 0.3) is 0 Å². The second kappa shape index (κ2) is 3.26. The summed E-state index contributed by atoms with van der Waals surface area (Å²) < 4.78 is 1.41. The Labute approximate surface area is 94.8 Å². The largest absolute Gasteiger partial charge is 0.520 e. The maximum Gasteiger partial charge on any atom is 0.215 e. The van der Waals surface area contributed by atoms with Gasteiger partial charge in [0, 0.05) is 20.6 Å². The number of quaternary nitrogens is 1. The molecule has 0 aliphatic carbocycles. The van der Waals surface area contributed by atoms with Crippen LogP contribution in [0.4, 0.5) is 0 Å². The minimum absolute atomic E-state index is 0.0347. The molecule has 1 spiro atoms. The van der Waals surface area contributed by atoms with Crippen molar-refractivity contribution in [3.8, 4) is 0 Å². The lowest BCUT2D eigenvalue weighted by Gasteiger charge is -2.63. The summed E-state index contributed by atoms with van der Waals surface area (Å²) in [6, 6.07) is 0. The molecule has 3 heterocycles. The molecule has 0 N–H and O–H groups in total. The van der Waals surface area contributed by atoms with E-state index in [0.717, 1.165) is 11.6 Å². The molecule has 15 heavy (non-hydrogen) atoms. The lowest BCUT2D eigenvalue weighted by atomic mass is 9.14. The fourth-order valence-corrected chi connectivity index (χ4v) is 6.14. The van der Waals surface area contributed by atoms with Crippen molar-refractivity contribution in [3.05, 3.63) is 0 Å². The molecular formula is C13H26BN. The van der Waals surface area contributed by atoms with Crippen molar-refractivity contribution in [2.24, 2.45) is 0 Å². The number of hydrogen-bond acceptors (Lipinski definition) is 0. The van der Waals surface area contributed by atoms with Gasteiger partial charge in [-0.15, -0.1) is 18.0 Å². The first kappa shape index (κ1) is 10.2. The second-order valence-corrected chi connectivity index (χ2v) is 7.17. The van der Waals surface area contributed by atoms with E-state index in [1.54, 1.807) is 44.8 Å². The van der Waals surface area contributed by atoms with Gasteiger partial charge in [0.1, 0.15) is 0 Å². The van der Waals surface area contributed by atoms with E-state index in [0.29, 0.717) is 0 Å². The van der Waals surface area contributed by atoms with E-state index in [4.69, 9.17) is 0 Å². The molecule has 0 aromatic heterocycles. The lowest BCUT2D eigenvalue weighted by molar-refractivity contribution is -0.787. The van der Waals surface area contributed by atoms with Crippen LogP contribution in [-0.4, -0.2) is 31.3 Å². The van der Waals surface area contributed by atoms with Crippen molar-refractivity contribution in [2.45, 2.75) is 62.9 Å². The molecule has 86 valence electrons. The standard InChI is InChI=1S/C13H26BN/c1-15(2)11-5-10-14(15)12-6-3-7-13(14)9-4-8-12/h12-13H,3-11H2,1-2H3. The third-order valence-electron chi connectivity index (χ3n) is 6.63. The molecule has 3 aliphatic rings. The van der Waals surface area contributed by atoms with Crippen LogP contribution in [0.1, 0.15) is 44.9 Å². The van der Waals surface area contributed by atoms with Crippen LogP contribution < -0.4 is 0 Å². The van der Waals surface area contributed by atoms with Gasteiger partial charge in [-0.25, -0.2) is 0 Å². The smallest absolute Gasteiger partial charge is 0.215 e. The van der Waals surface area contributed by atoms with Crippen LogP contribution in [0.3, 0.4) is 0 Å². The Balaban J connectivity index is 2.01. The van der Waals surface area contributed by atoms with Crippen molar-refractivity contribution in [1.29, 1.82) is 0 Å². The van der Waals surface area contributed by atoms with Gasteiger partial charge in [0.05, 0.1) is 0 Å². The molecular weight excluding hydrogens is 181 g/mol. The quantitative estimate of drug-likeness (QED) is 0.533. The van der Waals surface area contributed by atoms with Gasteiger partial charge < -0.3 is 4.39 Å². The van der Waals surface area contributed by atoms with Crippen molar-refractivity contribution in [2.75, 3.05) is 20.6 Å². The molecule has 1 nitrogen and oxygen atoms in total. The molecule has 0 aromatic rings. The summed E-state index contributed by atoms with van der Waals surface area (Å²) in [4.78, 5) is 0. The van der Waals surface area contributed by atoms with Gasteiger partial charge in [-0.1, -0.05) is 38.5 Å². The predicted molar refractivity (Wildman–Crippen MR) is 67.4 cm³/mol. The molecule has 0 aromatic carbocycles. The average molecular weight is 207 g/mol. The Morgan fingerprint density at radius 2 is 1.40 bits per heavy atom. The molecule has 3 saturated heterocycles. The topological polar surface area (TPSA) is 0 Å². The van der Waals surface area contributed by atoms with Crippen molar-refractivity contribution < 1.29 is 4.39 Å². The molecule has 0 radical (unpaired) electrons. The highest BCUT2D eigenvalue weighted by Crippen LogP contribution is 2.59. The summed E-state index contributed by atoms with van der Waals surface area (Å²) in [5.41, 5.74) is 0. The fraction of sp³-hybridized carbons (Fsp3) is 1.00. The summed E-state index contributed by atoms with van der Waals surface area (Å²) in [5, 5.41) is 0. The predicted octanol–water partition coefficient (Wildman–Crippen LogP) is 3.52. The number of nitrogens with zero attached hydrogens (tertiary/aromatic N) is 1. The highest BCUT2D eigenvalue weighted by molar-refractivity contribution is 6.76. The molecule has 3 rings (SSSR count). The van der Waals surface area contributed by atoms with Crippen molar-refractivity contribution in [1.82, 2.24) is 0 Å². The Hall–Kier alpha value is 0.0249. The lowest BCUT2D eigenvalue weighted by Crippen LogP contribution is -2.67. The third kappa shape index (κ3) is 1.20. The Morgan fingerprint density at radius 1 is 0.867 bits per heavy atom. The summed E-state index contributed by atoms with van der Waals surface area (Å²) in [6.07, 6.45) is 12.4. The van der Waals surface area contributed by atoms with E-state index in [1.165, 1.54) is 17.4 Å². The van der Waals surface area contributed by atoms with E-state index in [9.17, 15) is 0 Å². The van der Waals surface area contributed by atoms with Gasteiger partial charge in [-0.05, 0) is 6.42 Å². The first-order chi connectivity index (χ1) is 7.17. The Kier molecular flexibility index (Phi) is 2.21. The van der Waals surface area contributed by atoms with Crippen LogP contribution in [0.5, 0.6) is 0 Å². The van der Waals surface area contributed by atoms with Gasteiger partial charge in [-0.2, -0.15) is 0 Å². The number of rotatable bonds is 0. The minimum atomic E-state index is -0.0347. The Bertz CT molecular complexity index is 239. The second-order valence-electron chi connectivity index (χ2n) is 7.17. The van der Waals surface area contributed by atoms with Crippen LogP contribution in [0.25, 0.3) is 0 Å². The van der Waals surface area contributed by atoms with Crippen LogP contribution in [0.15, 0.2) is 0 Å². The van der Waals surface area contributed by atoms with Gasteiger partial charge in [-0.3, -0.25) is 0 Å². The highest BCUT2D eigenvalue weighted by atomic mass is 15.3. The highest BCUT2D eigenvalue weighted by Gasteiger charge is 2.57. The SMILES string of the molecule is C[N+]1(C)CCC[B-]12C1CCCC2CCC1. The zero-order valence-electron chi connectivity index (χ0n) is 10.5. The first-order valence-corrected chi connectivity index (χ1v) is 7.18. The van der Waals surface area contributed by atoms with Gasteiger partial charge in [0.15, 0.2) is 0 Å². The molecule has 2 heteroatoms. The van der Waals surface area contributed by atoms with Crippen molar-refractivity contribution in [3.63, 3.8) is 0 Å². The molecule has 3 aliphatic heterocycles. The maximum atomic E-state index is 2.55. The van der Waals surface area contributed by atoms with E-state index in [2.05, 4.69) is 14.1 Å². The van der Waals surface area contributed by atoms with Crippen LogP contribution in [0.2, 0.25) is 18.0 Å². The van der Waals surface area contributed by atoms with E-state index >= 15 is 0 Å². The molecule has 3 fully saturated rings.